The lowest BCUT2D eigenvalue weighted by molar-refractivity contribution is -0.121. The van der Waals surface area contributed by atoms with Gasteiger partial charge in [0.05, 0.1) is 22.7 Å². The molecule has 0 unspecified atom stereocenters. The van der Waals surface area contributed by atoms with Crippen molar-refractivity contribution in [2.75, 3.05) is 4.90 Å². The first kappa shape index (κ1) is 21.9. The molecular weight excluding hydrogens is 436 g/mol. The van der Waals surface area contributed by atoms with Crippen LogP contribution in [0.5, 0.6) is 0 Å². The molecule has 9 heteroatoms. The average Bonchev–Trinajstić information content (AvgIpc) is 3.12. The van der Waals surface area contributed by atoms with Crippen molar-refractivity contribution in [3.05, 3.63) is 84.9 Å². The summed E-state index contributed by atoms with van der Waals surface area (Å²) in [4.78, 5) is 31.1. The molecule has 0 radical (unpaired) electrons. The first-order valence-electron chi connectivity index (χ1n) is 10.0. The van der Waals surface area contributed by atoms with Crippen LogP contribution in [0.3, 0.4) is 0 Å². The van der Waals surface area contributed by atoms with Crippen molar-refractivity contribution in [3.63, 3.8) is 0 Å². The Morgan fingerprint density at radius 3 is 2.06 bits per heavy atom. The fourth-order valence-corrected chi connectivity index (χ4v) is 4.10. The van der Waals surface area contributed by atoms with Crippen LogP contribution in [0, 0.1) is 11.5 Å². The van der Waals surface area contributed by atoms with Crippen molar-refractivity contribution in [3.8, 4) is 6.19 Å². The van der Waals surface area contributed by atoms with Gasteiger partial charge in [0, 0.05) is 6.42 Å². The Bertz CT molecular complexity index is 1240. The van der Waals surface area contributed by atoms with Crippen LogP contribution in [-0.2, 0) is 9.59 Å². The number of azo groups is 1. The minimum Gasteiger partial charge on any atom is -0.274 e. The van der Waals surface area contributed by atoms with Gasteiger partial charge in [-0.1, -0.05) is 48.2 Å². The van der Waals surface area contributed by atoms with Crippen molar-refractivity contribution in [2.45, 2.75) is 11.7 Å². The van der Waals surface area contributed by atoms with Crippen LogP contribution in [0.15, 0.2) is 100 Å². The molecule has 1 fully saturated rings. The maximum Gasteiger partial charge on any atom is 0.247 e. The van der Waals surface area contributed by atoms with Gasteiger partial charge in [-0.2, -0.15) is 15.5 Å². The van der Waals surface area contributed by atoms with Gasteiger partial charge in [0.25, 0.3) is 0 Å². The van der Waals surface area contributed by atoms with Gasteiger partial charge in [-0.15, -0.1) is 0 Å². The van der Waals surface area contributed by atoms with Gasteiger partial charge in [0.15, 0.2) is 11.4 Å². The highest BCUT2D eigenvalue weighted by Gasteiger charge is 2.40. The number of nitriles is 1. The number of carbonyl (C=O) groups excluding carboxylic acids is 2. The normalized spacial score (nSPS) is 16.3. The van der Waals surface area contributed by atoms with Gasteiger partial charge >= 0.3 is 0 Å². The highest BCUT2D eigenvalue weighted by Crippen LogP contribution is 2.32. The van der Waals surface area contributed by atoms with Crippen molar-refractivity contribution < 1.29 is 9.59 Å². The van der Waals surface area contributed by atoms with Crippen LogP contribution in [0.2, 0.25) is 0 Å². The number of amidine groups is 1. The Morgan fingerprint density at radius 2 is 1.45 bits per heavy atom. The summed E-state index contributed by atoms with van der Waals surface area (Å²) in [7, 11) is 0. The summed E-state index contributed by atoms with van der Waals surface area (Å²) >= 11 is 1.06. The number of anilines is 1. The van der Waals surface area contributed by atoms with Crippen molar-refractivity contribution >= 4 is 51.5 Å². The lowest BCUT2D eigenvalue weighted by Gasteiger charge is -2.15. The molecule has 1 heterocycles. The molecular formula is C24H18N6O2S. The summed E-state index contributed by atoms with van der Waals surface area (Å²) in [5, 5.41) is 19.4. The number of hydrogen-bond donors (Lipinski definition) is 1. The number of carbonyl (C=O) groups is 2. The number of aliphatic imine (C=N–C) groups is 1. The molecule has 1 atom stereocenters. The van der Waals surface area contributed by atoms with E-state index < -0.39 is 5.25 Å². The molecule has 0 aliphatic carbocycles. The number of amides is 2. The fourth-order valence-electron chi connectivity index (χ4n) is 3.13. The quantitative estimate of drug-likeness (QED) is 0.142. The highest BCUT2D eigenvalue weighted by molar-refractivity contribution is 8.15. The number of hydrogen-bond acceptors (Lipinski definition) is 7. The Morgan fingerprint density at radius 1 is 0.879 bits per heavy atom. The van der Waals surface area contributed by atoms with Gasteiger partial charge in [-0.05, 0) is 48.5 Å². The zero-order chi connectivity index (χ0) is 23.0. The lowest BCUT2D eigenvalue weighted by Crippen LogP contribution is -2.32. The second kappa shape index (κ2) is 10.3. The second-order valence-electron chi connectivity index (χ2n) is 6.92. The van der Waals surface area contributed by atoms with E-state index in [-0.39, 0.29) is 23.4 Å². The minimum atomic E-state index is -0.682. The number of thioether (sulfide) groups is 1. The molecule has 3 aromatic carbocycles. The SMILES string of the molecule is N#CNC(=Nc1ccccc1)S[C@H]1CC(=O)N(c2ccc(N=Nc3ccccc3)cc2)C1=O. The third-order valence-electron chi connectivity index (χ3n) is 4.65. The molecule has 1 N–H and O–H groups in total. The predicted octanol–water partition coefficient (Wildman–Crippen LogP) is 5.23. The number of benzene rings is 3. The molecule has 162 valence electrons. The van der Waals surface area contributed by atoms with Crippen LogP contribution in [-0.4, -0.2) is 22.2 Å². The molecule has 0 saturated carbocycles. The van der Waals surface area contributed by atoms with Crippen LogP contribution in [0.1, 0.15) is 6.42 Å². The molecule has 2 amide bonds. The Kier molecular flexibility index (Phi) is 6.87. The first-order valence-corrected chi connectivity index (χ1v) is 10.9. The molecule has 8 nitrogen and oxygen atoms in total. The Hall–Kier alpha value is -4.29. The molecule has 1 aliphatic heterocycles. The molecule has 3 aromatic rings. The van der Waals surface area contributed by atoms with Gasteiger partial charge in [-0.25, -0.2) is 9.89 Å². The number of imide groups is 1. The summed E-state index contributed by atoms with van der Waals surface area (Å²) in [5.41, 5.74) is 2.42. The first-order chi connectivity index (χ1) is 16.1. The van der Waals surface area contributed by atoms with E-state index in [1.807, 2.05) is 54.7 Å². The predicted molar refractivity (Wildman–Crippen MR) is 128 cm³/mol. The van der Waals surface area contributed by atoms with E-state index in [0.29, 0.717) is 17.1 Å². The van der Waals surface area contributed by atoms with Gasteiger partial charge in [-0.3, -0.25) is 14.9 Å². The Balaban J connectivity index is 1.47. The topological polar surface area (TPSA) is 110 Å². The average molecular weight is 455 g/mol. The summed E-state index contributed by atoms with van der Waals surface area (Å²) in [5.74, 6) is -0.670. The largest absolute Gasteiger partial charge is 0.274 e. The highest BCUT2D eigenvalue weighted by atomic mass is 32.2. The van der Waals surface area contributed by atoms with E-state index in [1.165, 1.54) is 0 Å². The Labute approximate surface area is 194 Å². The third-order valence-corrected chi connectivity index (χ3v) is 5.72. The molecule has 33 heavy (non-hydrogen) atoms. The van der Waals surface area contributed by atoms with Gasteiger partial charge in [0.2, 0.25) is 11.8 Å². The van der Waals surface area contributed by atoms with Crippen molar-refractivity contribution in [1.29, 1.82) is 5.26 Å². The van der Waals surface area contributed by atoms with Crippen LogP contribution in [0.4, 0.5) is 22.7 Å². The van der Waals surface area contributed by atoms with E-state index in [0.717, 1.165) is 22.3 Å². The van der Waals surface area contributed by atoms with Crippen molar-refractivity contribution in [1.82, 2.24) is 5.32 Å². The zero-order valence-corrected chi connectivity index (χ0v) is 18.1. The molecule has 0 bridgehead atoms. The maximum absolute atomic E-state index is 13.0. The molecule has 1 saturated heterocycles. The number of nitrogens with one attached hydrogen (secondary N) is 1. The lowest BCUT2D eigenvalue weighted by atomic mass is 10.2. The van der Waals surface area contributed by atoms with Gasteiger partial charge in [0.1, 0.15) is 5.25 Å². The fraction of sp³-hybridized carbons (Fsp3) is 0.0833. The van der Waals surface area contributed by atoms with Crippen LogP contribution >= 0.6 is 11.8 Å². The number of para-hydroxylation sites is 1. The van der Waals surface area contributed by atoms with Crippen molar-refractivity contribution in [2.24, 2.45) is 15.2 Å². The molecule has 4 rings (SSSR count). The number of rotatable bonds is 5. The van der Waals surface area contributed by atoms with E-state index in [9.17, 15) is 9.59 Å². The van der Waals surface area contributed by atoms with E-state index >= 15 is 0 Å². The monoisotopic (exact) mass is 454 g/mol. The second-order valence-corrected chi connectivity index (χ2v) is 8.11. The third kappa shape index (κ3) is 5.50. The smallest absolute Gasteiger partial charge is 0.247 e. The van der Waals surface area contributed by atoms with Crippen LogP contribution < -0.4 is 10.2 Å². The standard InChI is InChI=1S/C24H18N6O2S/c25-16-26-24(27-17-7-3-1-4-8-17)33-21-15-22(31)30(23(21)32)20-13-11-19(12-14-20)29-28-18-9-5-2-6-10-18/h1-14,21H,15H2,(H,26,27)/t21-/m0/s1. The minimum absolute atomic E-state index is 0.0138. The van der Waals surface area contributed by atoms with E-state index in [1.54, 1.807) is 36.4 Å². The molecule has 0 aromatic heterocycles. The zero-order valence-electron chi connectivity index (χ0n) is 17.3. The van der Waals surface area contributed by atoms with E-state index in [4.69, 9.17) is 5.26 Å². The summed E-state index contributed by atoms with van der Waals surface area (Å²) in [6.07, 6.45) is 1.84. The summed E-state index contributed by atoms with van der Waals surface area (Å²) in [6.45, 7) is 0. The summed E-state index contributed by atoms with van der Waals surface area (Å²) in [6, 6.07) is 25.1. The van der Waals surface area contributed by atoms with Gasteiger partial charge < -0.3 is 0 Å². The molecule has 1 aliphatic rings. The van der Waals surface area contributed by atoms with E-state index in [2.05, 4.69) is 20.5 Å². The molecule has 0 spiro atoms. The number of nitrogens with zero attached hydrogens (tertiary/aromatic N) is 5. The summed E-state index contributed by atoms with van der Waals surface area (Å²) < 4.78 is 0. The van der Waals surface area contributed by atoms with Crippen LogP contribution in [0.25, 0.3) is 0 Å². The maximum atomic E-state index is 13.0.